The summed E-state index contributed by atoms with van der Waals surface area (Å²) in [6.45, 7) is 2.24. The summed E-state index contributed by atoms with van der Waals surface area (Å²) in [6.07, 6.45) is 8.34. The van der Waals surface area contributed by atoms with E-state index in [1.54, 1.807) is 0 Å². The number of piperidine rings is 1. The van der Waals surface area contributed by atoms with Crippen molar-refractivity contribution in [2.75, 3.05) is 18.0 Å². The Hall–Kier alpha value is -0.470. The highest BCUT2D eigenvalue weighted by molar-refractivity contribution is 6.32. The summed E-state index contributed by atoms with van der Waals surface area (Å²) in [6, 6.07) is 3.94. The Bertz CT molecular complexity index is 445. The van der Waals surface area contributed by atoms with Crippen LogP contribution in [0.1, 0.15) is 44.2 Å². The minimum atomic E-state index is 0.379. The summed E-state index contributed by atoms with van der Waals surface area (Å²) in [5.41, 5.74) is 1.44. The van der Waals surface area contributed by atoms with Crippen molar-refractivity contribution in [2.45, 2.75) is 44.4 Å². The topological polar surface area (TPSA) is 16.1 Å². The van der Waals surface area contributed by atoms with Crippen molar-refractivity contribution in [3.63, 3.8) is 0 Å². The Morgan fingerprint density at radius 2 is 1.79 bits per heavy atom. The van der Waals surface area contributed by atoms with Gasteiger partial charge in [0.2, 0.25) is 0 Å². The fourth-order valence-corrected chi connectivity index (χ4v) is 4.02. The molecule has 1 saturated heterocycles. The molecule has 0 unspecified atom stereocenters. The molecule has 4 heteroatoms. The fraction of sp³-hybridized carbons (Fsp3) is 0.667. The smallest absolute Gasteiger partial charge is 0.128 e. The van der Waals surface area contributed by atoms with E-state index in [0.717, 1.165) is 24.6 Å². The van der Waals surface area contributed by atoms with Crippen LogP contribution in [0.3, 0.4) is 0 Å². The maximum Gasteiger partial charge on any atom is 0.128 e. The molecular formula is C15H20Cl2N2. The monoisotopic (exact) mass is 298 g/mol. The van der Waals surface area contributed by atoms with Crippen LogP contribution in [0.4, 0.5) is 5.82 Å². The quantitative estimate of drug-likeness (QED) is 0.740. The third kappa shape index (κ3) is 2.71. The Morgan fingerprint density at radius 3 is 2.42 bits per heavy atom. The first-order valence-corrected chi connectivity index (χ1v) is 8.10. The average Bonchev–Trinajstić information content (AvgIpc) is 2.89. The van der Waals surface area contributed by atoms with Gasteiger partial charge in [0.15, 0.2) is 0 Å². The molecule has 1 spiro atoms. The fourth-order valence-electron chi connectivity index (χ4n) is 3.58. The predicted molar refractivity (Wildman–Crippen MR) is 81.2 cm³/mol. The zero-order valence-electron chi connectivity index (χ0n) is 11.2. The molecule has 1 aromatic heterocycles. The van der Waals surface area contributed by atoms with Gasteiger partial charge >= 0.3 is 0 Å². The van der Waals surface area contributed by atoms with Gasteiger partial charge in [0.05, 0.1) is 16.6 Å². The SMILES string of the molecule is ClCc1nc(N2CCC3(CCCC3)CC2)ccc1Cl. The highest BCUT2D eigenvalue weighted by atomic mass is 35.5. The van der Waals surface area contributed by atoms with E-state index in [0.29, 0.717) is 16.3 Å². The van der Waals surface area contributed by atoms with E-state index < -0.39 is 0 Å². The number of rotatable bonds is 2. The first-order valence-electron chi connectivity index (χ1n) is 7.19. The van der Waals surface area contributed by atoms with Crippen LogP contribution >= 0.6 is 23.2 Å². The van der Waals surface area contributed by atoms with Crippen molar-refractivity contribution in [1.29, 1.82) is 0 Å². The average molecular weight is 299 g/mol. The summed E-state index contributed by atoms with van der Waals surface area (Å²) in [5, 5.41) is 0.669. The molecule has 1 saturated carbocycles. The number of aromatic nitrogens is 1. The molecule has 104 valence electrons. The standard InChI is InChI=1S/C15H20Cl2N2/c16-11-13-12(17)3-4-14(18-13)19-9-7-15(8-10-19)5-1-2-6-15/h3-4H,1-2,5-11H2. The highest BCUT2D eigenvalue weighted by Crippen LogP contribution is 2.46. The predicted octanol–water partition coefficient (Wildman–Crippen LogP) is 4.63. The van der Waals surface area contributed by atoms with Crippen LogP contribution in [-0.4, -0.2) is 18.1 Å². The van der Waals surface area contributed by atoms with Crippen molar-refractivity contribution in [3.8, 4) is 0 Å². The Kier molecular flexibility index (Phi) is 3.91. The largest absolute Gasteiger partial charge is 0.357 e. The summed E-state index contributed by atoms with van der Waals surface area (Å²) < 4.78 is 0. The van der Waals surface area contributed by atoms with E-state index in [2.05, 4.69) is 9.88 Å². The van der Waals surface area contributed by atoms with Crippen molar-refractivity contribution in [2.24, 2.45) is 5.41 Å². The molecule has 0 aromatic carbocycles. The molecule has 0 bridgehead atoms. The molecule has 3 rings (SSSR count). The van der Waals surface area contributed by atoms with Crippen LogP contribution in [0.15, 0.2) is 12.1 Å². The maximum absolute atomic E-state index is 6.07. The summed E-state index contributed by atoms with van der Waals surface area (Å²) >= 11 is 11.9. The van der Waals surface area contributed by atoms with Crippen LogP contribution in [0.2, 0.25) is 5.02 Å². The van der Waals surface area contributed by atoms with Gasteiger partial charge in [0.25, 0.3) is 0 Å². The second-order valence-electron chi connectivity index (χ2n) is 5.93. The molecular weight excluding hydrogens is 279 g/mol. The first-order chi connectivity index (χ1) is 9.22. The van der Waals surface area contributed by atoms with Crippen LogP contribution in [-0.2, 0) is 5.88 Å². The number of hydrogen-bond donors (Lipinski definition) is 0. The lowest BCUT2D eigenvalue weighted by Crippen LogP contribution is -2.39. The lowest BCUT2D eigenvalue weighted by molar-refractivity contribution is 0.226. The Balaban J connectivity index is 1.71. The van der Waals surface area contributed by atoms with Gasteiger partial charge in [0, 0.05) is 13.1 Å². The van der Waals surface area contributed by atoms with Gasteiger partial charge in [-0.3, -0.25) is 0 Å². The molecule has 1 aliphatic heterocycles. The summed E-state index contributed by atoms with van der Waals surface area (Å²) in [7, 11) is 0. The third-order valence-corrected chi connectivity index (χ3v) is 5.44. The molecule has 2 aliphatic rings. The molecule has 0 N–H and O–H groups in total. The first kappa shape index (κ1) is 13.5. The Morgan fingerprint density at radius 1 is 1.11 bits per heavy atom. The molecule has 0 amide bonds. The normalized spacial score (nSPS) is 22.1. The van der Waals surface area contributed by atoms with E-state index in [9.17, 15) is 0 Å². The van der Waals surface area contributed by atoms with E-state index in [4.69, 9.17) is 23.2 Å². The summed E-state index contributed by atoms with van der Waals surface area (Å²) in [5.74, 6) is 1.41. The molecule has 2 nitrogen and oxygen atoms in total. The van der Waals surface area contributed by atoms with Crippen molar-refractivity contribution >= 4 is 29.0 Å². The van der Waals surface area contributed by atoms with Crippen LogP contribution in [0, 0.1) is 5.41 Å². The third-order valence-electron chi connectivity index (χ3n) is 4.84. The molecule has 1 aliphatic carbocycles. The second-order valence-corrected chi connectivity index (χ2v) is 6.60. The van der Waals surface area contributed by atoms with E-state index in [1.165, 1.54) is 38.5 Å². The number of anilines is 1. The summed E-state index contributed by atoms with van der Waals surface area (Å²) in [4.78, 5) is 6.98. The molecule has 2 heterocycles. The van der Waals surface area contributed by atoms with E-state index in [-0.39, 0.29) is 0 Å². The number of nitrogens with zero attached hydrogens (tertiary/aromatic N) is 2. The van der Waals surface area contributed by atoms with Gasteiger partial charge in [-0.25, -0.2) is 4.98 Å². The van der Waals surface area contributed by atoms with E-state index in [1.807, 2.05) is 12.1 Å². The van der Waals surface area contributed by atoms with Crippen molar-refractivity contribution in [3.05, 3.63) is 22.8 Å². The molecule has 19 heavy (non-hydrogen) atoms. The van der Waals surface area contributed by atoms with Crippen molar-refractivity contribution in [1.82, 2.24) is 4.98 Å². The molecule has 2 fully saturated rings. The molecule has 0 radical (unpaired) electrons. The highest BCUT2D eigenvalue weighted by Gasteiger charge is 2.37. The molecule has 0 atom stereocenters. The lowest BCUT2D eigenvalue weighted by atomic mass is 9.77. The van der Waals surface area contributed by atoms with Crippen LogP contribution in [0.5, 0.6) is 0 Å². The van der Waals surface area contributed by atoms with Crippen LogP contribution < -0.4 is 4.90 Å². The van der Waals surface area contributed by atoms with Gasteiger partial charge in [-0.1, -0.05) is 24.4 Å². The van der Waals surface area contributed by atoms with Crippen molar-refractivity contribution < 1.29 is 0 Å². The van der Waals surface area contributed by atoms with Crippen LogP contribution in [0.25, 0.3) is 0 Å². The van der Waals surface area contributed by atoms with Gasteiger partial charge < -0.3 is 4.90 Å². The van der Waals surface area contributed by atoms with Gasteiger partial charge in [-0.15, -0.1) is 11.6 Å². The van der Waals surface area contributed by atoms with Gasteiger partial charge in [-0.2, -0.15) is 0 Å². The number of hydrogen-bond acceptors (Lipinski definition) is 2. The number of pyridine rings is 1. The zero-order chi connectivity index (χ0) is 13.3. The van der Waals surface area contributed by atoms with E-state index >= 15 is 0 Å². The number of halogens is 2. The zero-order valence-corrected chi connectivity index (χ0v) is 12.7. The Labute approximate surface area is 125 Å². The maximum atomic E-state index is 6.07. The lowest BCUT2D eigenvalue weighted by Gasteiger charge is -2.40. The van der Waals surface area contributed by atoms with Gasteiger partial charge in [-0.05, 0) is 43.2 Å². The minimum absolute atomic E-state index is 0.379. The molecule has 1 aromatic rings. The van der Waals surface area contributed by atoms with Gasteiger partial charge in [0.1, 0.15) is 5.82 Å². The minimum Gasteiger partial charge on any atom is -0.357 e. The second kappa shape index (κ2) is 5.49. The number of alkyl halides is 1.